The van der Waals surface area contributed by atoms with Crippen LogP contribution < -0.4 is 5.32 Å². The molecule has 1 amide bonds. The smallest absolute Gasteiger partial charge is 0.321 e. The predicted octanol–water partition coefficient (Wildman–Crippen LogP) is 0.241. The van der Waals surface area contributed by atoms with Gasteiger partial charge in [-0.2, -0.15) is 0 Å². The number of rotatable bonds is 4. The van der Waals surface area contributed by atoms with Gasteiger partial charge in [-0.25, -0.2) is 0 Å². The Labute approximate surface area is 145 Å². The van der Waals surface area contributed by atoms with Gasteiger partial charge >= 0.3 is 5.97 Å². The van der Waals surface area contributed by atoms with Crippen LogP contribution in [-0.2, 0) is 24.8 Å². The Morgan fingerprint density at radius 1 is 1.32 bits per heavy atom. The summed E-state index contributed by atoms with van der Waals surface area (Å²) in [7, 11) is 0. The lowest BCUT2D eigenvalue weighted by molar-refractivity contribution is -0.199. The van der Waals surface area contributed by atoms with E-state index in [9.17, 15) is 24.6 Å². The Morgan fingerprint density at radius 3 is 2.56 bits per heavy atom. The monoisotopic (exact) mass is 347 g/mol. The SMILES string of the molecule is CCOC(=O)[C@@]1([C@@H]2CCCC2=O)[C@H](O)C(=O)N[C@]1(O)c1ccccc1. The molecule has 2 aliphatic rings. The molecule has 1 aromatic rings. The quantitative estimate of drug-likeness (QED) is 0.673. The molecule has 134 valence electrons. The Hall–Kier alpha value is -2.25. The highest BCUT2D eigenvalue weighted by Crippen LogP contribution is 2.55. The maximum Gasteiger partial charge on any atom is 0.321 e. The molecule has 7 nitrogen and oxygen atoms in total. The van der Waals surface area contributed by atoms with Crippen molar-refractivity contribution in [2.75, 3.05) is 6.61 Å². The van der Waals surface area contributed by atoms with E-state index < -0.39 is 35.0 Å². The van der Waals surface area contributed by atoms with E-state index in [1.54, 1.807) is 25.1 Å². The largest absolute Gasteiger partial charge is 0.465 e. The van der Waals surface area contributed by atoms with Gasteiger partial charge in [0.2, 0.25) is 0 Å². The van der Waals surface area contributed by atoms with Gasteiger partial charge in [0.1, 0.15) is 5.78 Å². The molecule has 1 aliphatic heterocycles. The lowest BCUT2D eigenvalue weighted by Gasteiger charge is -2.43. The second kappa shape index (κ2) is 6.24. The topological polar surface area (TPSA) is 113 Å². The minimum atomic E-state index is -2.23. The van der Waals surface area contributed by atoms with Gasteiger partial charge < -0.3 is 20.3 Å². The Bertz CT molecular complexity index is 705. The van der Waals surface area contributed by atoms with Crippen molar-refractivity contribution in [3.63, 3.8) is 0 Å². The van der Waals surface area contributed by atoms with E-state index in [1.807, 2.05) is 0 Å². The zero-order valence-electron chi connectivity index (χ0n) is 13.9. The fraction of sp³-hybridized carbons (Fsp3) is 0.500. The van der Waals surface area contributed by atoms with Crippen LogP contribution in [0.15, 0.2) is 30.3 Å². The summed E-state index contributed by atoms with van der Waals surface area (Å²) in [6.07, 6.45) is -0.837. The van der Waals surface area contributed by atoms with Crippen LogP contribution >= 0.6 is 0 Å². The fourth-order valence-electron chi connectivity index (χ4n) is 4.14. The third-order valence-corrected chi connectivity index (χ3v) is 5.24. The van der Waals surface area contributed by atoms with E-state index in [0.717, 1.165) is 0 Å². The summed E-state index contributed by atoms with van der Waals surface area (Å²) in [5.41, 5.74) is -4.14. The summed E-state index contributed by atoms with van der Waals surface area (Å²) in [6.45, 7) is 1.58. The number of aliphatic hydroxyl groups is 2. The van der Waals surface area contributed by atoms with Gasteiger partial charge in [-0.15, -0.1) is 0 Å². The molecule has 0 aromatic heterocycles. The first-order valence-corrected chi connectivity index (χ1v) is 8.37. The first kappa shape index (κ1) is 17.6. The number of hydrogen-bond donors (Lipinski definition) is 3. The van der Waals surface area contributed by atoms with Gasteiger partial charge in [-0.3, -0.25) is 14.4 Å². The molecule has 0 radical (unpaired) electrons. The molecule has 1 saturated carbocycles. The van der Waals surface area contributed by atoms with E-state index in [4.69, 9.17) is 4.74 Å². The van der Waals surface area contributed by atoms with Crippen molar-refractivity contribution in [3.05, 3.63) is 35.9 Å². The number of amides is 1. The molecule has 1 saturated heterocycles. The van der Waals surface area contributed by atoms with Gasteiger partial charge in [0.05, 0.1) is 6.61 Å². The molecule has 0 spiro atoms. The molecule has 2 fully saturated rings. The van der Waals surface area contributed by atoms with Crippen LogP contribution in [0.4, 0.5) is 0 Å². The van der Waals surface area contributed by atoms with E-state index in [0.29, 0.717) is 12.8 Å². The van der Waals surface area contributed by atoms with Crippen LogP contribution in [0.2, 0.25) is 0 Å². The molecule has 0 unspecified atom stereocenters. The first-order valence-electron chi connectivity index (χ1n) is 8.37. The van der Waals surface area contributed by atoms with Crippen molar-refractivity contribution in [1.82, 2.24) is 5.32 Å². The van der Waals surface area contributed by atoms with Crippen LogP contribution in [0.1, 0.15) is 31.7 Å². The van der Waals surface area contributed by atoms with E-state index in [-0.39, 0.29) is 24.4 Å². The fourth-order valence-corrected chi connectivity index (χ4v) is 4.14. The number of ketones is 1. The summed E-state index contributed by atoms with van der Waals surface area (Å²) in [5, 5.41) is 24.4. The molecular weight excluding hydrogens is 326 g/mol. The van der Waals surface area contributed by atoms with Gasteiger partial charge in [0.25, 0.3) is 5.91 Å². The average Bonchev–Trinajstić information content (AvgIpc) is 3.10. The molecule has 4 atom stereocenters. The number of esters is 1. The average molecular weight is 347 g/mol. The molecule has 1 aromatic carbocycles. The Morgan fingerprint density at radius 2 is 2.00 bits per heavy atom. The van der Waals surface area contributed by atoms with Crippen LogP contribution in [0.5, 0.6) is 0 Å². The number of Topliss-reactive ketones (excluding diaryl/α,β-unsaturated/α-hetero) is 1. The summed E-state index contributed by atoms with van der Waals surface area (Å²) < 4.78 is 5.12. The van der Waals surface area contributed by atoms with Gasteiger partial charge in [-0.1, -0.05) is 30.3 Å². The Kier molecular flexibility index (Phi) is 4.38. The lowest BCUT2D eigenvalue weighted by atomic mass is 9.63. The van der Waals surface area contributed by atoms with Crippen molar-refractivity contribution < 1.29 is 29.3 Å². The number of carbonyl (C=O) groups is 3. The molecule has 0 bridgehead atoms. The van der Waals surface area contributed by atoms with Crippen molar-refractivity contribution >= 4 is 17.7 Å². The van der Waals surface area contributed by atoms with Crippen LogP contribution in [0, 0.1) is 11.3 Å². The molecule has 3 N–H and O–H groups in total. The summed E-state index contributed by atoms with van der Waals surface area (Å²) in [6, 6.07) is 8.05. The highest BCUT2D eigenvalue weighted by atomic mass is 16.5. The van der Waals surface area contributed by atoms with Crippen LogP contribution in [0.3, 0.4) is 0 Å². The maximum atomic E-state index is 13.0. The molecule has 7 heteroatoms. The molecular formula is C18H21NO6. The van der Waals surface area contributed by atoms with Gasteiger partial charge in [0.15, 0.2) is 17.2 Å². The zero-order chi connectivity index (χ0) is 18.2. The molecule has 25 heavy (non-hydrogen) atoms. The number of benzene rings is 1. The van der Waals surface area contributed by atoms with E-state index in [2.05, 4.69) is 5.32 Å². The summed E-state index contributed by atoms with van der Waals surface area (Å²) in [5.74, 6) is -3.13. The number of carbonyl (C=O) groups excluding carboxylic acids is 3. The Balaban J connectivity index is 2.26. The molecule has 1 aliphatic carbocycles. The summed E-state index contributed by atoms with van der Waals surface area (Å²) >= 11 is 0. The van der Waals surface area contributed by atoms with E-state index in [1.165, 1.54) is 12.1 Å². The highest BCUT2D eigenvalue weighted by molar-refractivity contribution is 6.00. The standard InChI is InChI=1S/C18H21NO6/c1-2-25-16(23)17(12-9-6-10-13(12)20)14(21)15(22)19-18(17,24)11-7-4-3-5-8-11/h3-5,7-8,12,14,21,24H,2,6,9-10H2,1H3,(H,19,22)/t12-,14-,17-,18+/m1/s1. The van der Waals surface area contributed by atoms with E-state index >= 15 is 0 Å². The predicted molar refractivity (Wildman–Crippen MR) is 85.9 cm³/mol. The lowest BCUT2D eigenvalue weighted by Crippen LogP contribution is -2.61. The van der Waals surface area contributed by atoms with Gasteiger partial charge in [-0.05, 0) is 19.8 Å². The number of aliphatic hydroxyl groups excluding tert-OH is 1. The third-order valence-electron chi connectivity index (χ3n) is 5.24. The first-order chi connectivity index (χ1) is 11.9. The number of ether oxygens (including phenoxy) is 1. The summed E-state index contributed by atoms with van der Waals surface area (Å²) in [4.78, 5) is 37.7. The number of nitrogens with one attached hydrogen (secondary N) is 1. The van der Waals surface area contributed by atoms with Crippen molar-refractivity contribution in [1.29, 1.82) is 0 Å². The minimum absolute atomic E-state index is 0.00667. The normalized spacial score (nSPS) is 34.8. The van der Waals surface area contributed by atoms with Gasteiger partial charge in [0, 0.05) is 17.9 Å². The minimum Gasteiger partial charge on any atom is -0.465 e. The molecule has 1 heterocycles. The highest BCUT2D eigenvalue weighted by Gasteiger charge is 2.74. The van der Waals surface area contributed by atoms with Crippen LogP contribution in [-0.4, -0.2) is 40.6 Å². The van der Waals surface area contributed by atoms with Crippen molar-refractivity contribution in [2.45, 2.75) is 38.0 Å². The number of hydrogen-bond acceptors (Lipinski definition) is 6. The second-order valence-electron chi connectivity index (χ2n) is 6.47. The van der Waals surface area contributed by atoms with Crippen molar-refractivity contribution in [3.8, 4) is 0 Å². The maximum absolute atomic E-state index is 13.0. The molecule has 3 rings (SSSR count). The second-order valence-corrected chi connectivity index (χ2v) is 6.47. The zero-order valence-corrected chi connectivity index (χ0v) is 13.9. The van der Waals surface area contributed by atoms with Crippen LogP contribution in [0.25, 0.3) is 0 Å². The third kappa shape index (κ3) is 2.30. The van der Waals surface area contributed by atoms with Crippen molar-refractivity contribution in [2.24, 2.45) is 11.3 Å².